The van der Waals surface area contributed by atoms with Crippen LogP contribution in [0.4, 0.5) is 8.78 Å². The molecule has 0 radical (unpaired) electrons. The maximum atomic E-state index is 13.2. The van der Waals surface area contributed by atoms with Crippen molar-refractivity contribution >= 4 is 0 Å². The monoisotopic (exact) mass is 220 g/mol. The van der Waals surface area contributed by atoms with E-state index in [4.69, 9.17) is 4.74 Å². The predicted molar refractivity (Wildman–Crippen MR) is 57.1 cm³/mol. The van der Waals surface area contributed by atoms with Crippen LogP contribution < -0.4 is 4.74 Å². The molecule has 0 bridgehead atoms. The summed E-state index contributed by atoms with van der Waals surface area (Å²) >= 11 is 0. The SMILES string of the molecule is Fc1cccc(F)c1OCc1ccccc1. The van der Waals surface area contributed by atoms with Crippen LogP contribution >= 0.6 is 0 Å². The van der Waals surface area contributed by atoms with Crippen LogP contribution in [-0.4, -0.2) is 0 Å². The number of rotatable bonds is 3. The summed E-state index contributed by atoms with van der Waals surface area (Å²) in [6, 6.07) is 12.9. The fraction of sp³-hybridized carbons (Fsp3) is 0.0769. The van der Waals surface area contributed by atoms with Gasteiger partial charge < -0.3 is 4.74 Å². The van der Waals surface area contributed by atoms with Crippen LogP contribution in [0, 0.1) is 11.6 Å². The first-order valence-corrected chi connectivity index (χ1v) is 4.88. The largest absolute Gasteiger partial charge is 0.483 e. The zero-order valence-corrected chi connectivity index (χ0v) is 8.49. The summed E-state index contributed by atoms with van der Waals surface area (Å²) < 4.78 is 31.5. The van der Waals surface area contributed by atoms with E-state index in [1.165, 1.54) is 18.2 Å². The molecule has 0 N–H and O–H groups in total. The van der Waals surface area contributed by atoms with Crippen molar-refractivity contribution in [2.45, 2.75) is 6.61 Å². The molecule has 0 heterocycles. The van der Waals surface area contributed by atoms with Crippen LogP contribution in [0.2, 0.25) is 0 Å². The van der Waals surface area contributed by atoms with Crippen molar-refractivity contribution in [3.63, 3.8) is 0 Å². The highest BCUT2D eigenvalue weighted by atomic mass is 19.1. The van der Waals surface area contributed by atoms with Gasteiger partial charge in [0.25, 0.3) is 0 Å². The Morgan fingerprint density at radius 2 is 1.44 bits per heavy atom. The van der Waals surface area contributed by atoms with Crippen molar-refractivity contribution in [1.29, 1.82) is 0 Å². The molecular formula is C13H10F2O. The second kappa shape index (κ2) is 4.75. The summed E-state index contributed by atoms with van der Waals surface area (Å²) in [7, 11) is 0. The molecule has 82 valence electrons. The highest BCUT2D eigenvalue weighted by molar-refractivity contribution is 5.26. The summed E-state index contributed by atoms with van der Waals surface area (Å²) in [4.78, 5) is 0. The molecule has 0 saturated carbocycles. The van der Waals surface area contributed by atoms with Gasteiger partial charge in [0, 0.05) is 0 Å². The minimum atomic E-state index is -0.684. The van der Waals surface area contributed by atoms with Gasteiger partial charge in [-0.1, -0.05) is 36.4 Å². The Kier molecular flexibility index (Phi) is 3.15. The van der Waals surface area contributed by atoms with Crippen LogP contribution in [0.3, 0.4) is 0 Å². The second-order valence-corrected chi connectivity index (χ2v) is 3.33. The number of ether oxygens (including phenoxy) is 1. The third kappa shape index (κ3) is 2.37. The van der Waals surface area contributed by atoms with Crippen LogP contribution in [0.25, 0.3) is 0 Å². The highest BCUT2D eigenvalue weighted by Crippen LogP contribution is 2.21. The molecule has 0 aliphatic carbocycles. The Hall–Kier alpha value is -1.90. The Bertz CT molecular complexity index is 448. The average molecular weight is 220 g/mol. The lowest BCUT2D eigenvalue weighted by Crippen LogP contribution is -1.99. The van der Waals surface area contributed by atoms with E-state index in [-0.39, 0.29) is 12.4 Å². The topological polar surface area (TPSA) is 9.23 Å². The third-order valence-electron chi connectivity index (χ3n) is 2.14. The molecule has 0 amide bonds. The van der Waals surface area contributed by atoms with Crippen LogP contribution in [0.15, 0.2) is 48.5 Å². The number of hydrogen-bond donors (Lipinski definition) is 0. The van der Waals surface area contributed by atoms with Crippen molar-refractivity contribution in [1.82, 2.24) is 0 Å². The van der Waals surface area contributed by atoms with E-state index >= 15 is 0 Å². The van der Waals surface area contributed by atoms with Crippen molar-refractivity contribution in [2.75, 3.05) is 0 Å². The van der Waals surface area contributed by atoms with Gasteiger partial charge in [0.2, 0.25) is 0 Å². The van der Waals surface area contributed by atoms with Gasteiger partial charge in [0.05, 0.1) is 0 Å². The standard InChI is InChI=1S/C13H10F2O/c14-11-7-4-8-12(15)13(11)16-9-10-5-2-1-3-6-10/h1-8H,9H2. The van der Waals surface area contributed by atoms with Crippen molar-refractivity contribution in [3.8, 4) is 5.75 Å². The molecule has 2 aromatic rings. The fourth-order valence-electron chi connectivity index (χ4n) is 1.35. The van der Waals surface area contributed by atoms with Gasteiger partial charge >= 0.3 is 0 Å². The zero-order valence-electron chi connectivity index (χ0n) is 8.49. The van der Waals surface area contributed by atoms with E-state index in [0.717, 1.165) is 5.56 Å². The zero-order chi connectivity index (χ0) is 11.4. The third-order valence-corrected chi connectivity index (χ3v) is 2.14. The second-order valence-electron chi connectivity index (χ2n) is 3.33. The highest BCUT2D eigenvalue weighted by Gasteiger charge is 2.09. The van der Waals surface area contributed by atoms with Crippen LogP contribution in [0.5, 0.6) is 5.75 Å². The van der Waals surface area contributed by atoms with Gasteiger partial charge in [-0.15, -0.1) is 0 Å². The molecule has 0 saturated heterocycles. The minimum absolute atomic E-state index is 0.151. The Balaban J connectivity index is 2.11. The van der Waals surface area contributed by atoms with E-state index < -0.39 is 11.6 Å². The molecule has 2 rings (SSSR count). The van der Waals surface area contributed by atoms with Crippen LogP contribution in [0.1, 0.15) is 5.56 Å². The fourth-order valence-corrected chi connectivity index (χ4v) is 1.35. The Labute approximate surface area is 92.3 Å². The summed E-state index contributed by atoms with van der Waals surface area (Å²) in [5.41, 5.74) is 0.866. The number of halogens is 2. The first-order chi connectivity index (χ1) is 7.77. The lowest BCUT2D eigenvalue weighted by Gasteiger charge is -2.07. The maximum absolute atomic E-state index is 13.2. The lowest BCUT2D eigenvalue weighted by atomic mass is 10.2. The van der Waals surface area contributed by atoms with Gasteiger partial charge in [-0.25, -0.2) is 8.78 Å². The van der Waals surface area contributed by atoms with Gasteiger partial charge in [0.15, 0.2) is 17.4 Å². The molecule has 0 aliphatic heterocycles. The van der Waals surface area contributed by atoms with Gasteiger partial charge in [-0.05, 0) is 17.7 Å². The van der Waals surface area contributed by atoms with E-state index in [1.54, 1.807) is 0 Å². The molecule has 0 atom stereocenters. The first-order valence-electron chi connectivity index (χ1n) is 4.88. The number of para-hydroxylation sites is 1. The molecule has 16 heavy (non-hydrogen) atoms. The van der Waals surface area contributed by atoms with Crippen molar-refractivity contribution in [2.24, 2.45) is 0 Å². The summed E-state index contributed by atoms with van der Waals surface area (Å²) in [5, 5.41) is 0. The normalized spacial score (nSPS) is 10.1. The molecule has 0 unspecified atom stereocenters. The number of hydrogen-bond acceptors (Lipinski definition) is 1. The van der Waals surface area contributed by atoms with Crippen LogP contribution in [-0.2, 0) is 6.61 Å². The molecule has 3 heteroatoms. The van der Waals surface area contributed by atoms with E-state index in [2.05, 4.69) is 0 Å². The Morgan fingerprint density at radius 3 is 2.06 bits per heavy atom. The lowest BCUT2D eigenvalue weighted by molar-refractivity contribution is 0.274. The molecule has 0 aliphatic rings. The van der Waals surface area contributed by atoms with E-state index in [9.17, 15) is 8.78 Å². The quantitative estimate of drug-likeness (QED) is 0.768. The van der Waals surface area contributed by atoms with Crippen molar-refractivity contribution in [3.05, 3.63) is 65.7 Å². The molecule has 2 aromatic carbocycles. The van der Waals surface area contributed by atoms with E-state index in [0.29, 0.717) is 0 Å². The smallest absolute Gasteiger partial charge is 0.191 e. The first kappa shape index (κ1) is 10.6. The summed E-state index contributed by atoms with van der Waals surface area (Å²) in [5.74, 6) is -1.70. The molecule has 0 spiro atoms. The van der Waals surface area contributed by atoms with Gasteiger partial charge in [-0.3, -0.25) is 0 Å². The minimum Gasteiger partial charge on any atom is -0.483 e. The maximum Gasteiger partial charge on any atom is 0.191 e. The average Bonchev–Trinajstić information content (AvgIpc) is 2.30. The molecule has 0 fully saturated rings. The Morgan fingerprint density at radius 1 is 0.812 bits per heavy atom. The molecule has 1 nitrogen and oxygen atoms in total. The summed E-state index contributed by atoms with van der Waals surface area (Å²) in [6.45, 7) is 0.151. The molecule has 0 aromatic heterocycles. The summed E-state index contributed by atoms with van der Waals surface area (Å²) in [6.07, 6.45) is 0. The van der Waals surface area contributed by atoms with Gasteiger partial charge in [0.1, 0.15) is 6.61 Å². The predicted octanol–water partition coefficient (Wildman–Crippen LogP) is 3.54. The van der Waals surface area contributed by atoms with E-state index in [1.807, 2.05) is 30.3 Å². The number of benzene rings is 2. The van der Waals surface area contributed by atoms with Gasteiger partial charge in [-0.2, -0.15) is 0 Å². The molecular weight excluding hydrogens is 210 g/mol. The van der Waals surface area contributed by atoms with Crippen molar-refractivity contribution < 1.29 is 13.5 Å².